The summed E-state index contributed by atoms with van der Waals surface area (Å²) in [5, 5.41) is 2.82. The Morgan fingerprint density at radius 1 is 1.18 bits per heavy atom. The molecule has 1 saturated heterocycles. The highest BCUT2D eigenvalue weighted by Crippen LogP contribution is 2.34. The number of hydrogen-bond donors (Lipinski definition) is 2. The Hall–Kier alpha value is -2.44. The monoisotopic (exact) mass is 307 g/mol. The van der Waals surface area contributed by atoms with Gasteiger partial charge in [-0.05, 0) is 25.0 Å². The number of ether oxygens (including phenoxy) is 2. The minimum atomic E-state index is -0.300. The minimum Gasteiger partial charge on any atom is -0.494 e. The first kappa shape index (κ1) is 15.9. The molecule has 1 fully saturated rings. The minimum absolute atomic E-state index is 0.148. The van der Waals surface area contributed by atoms with Crippen molar-refractivity contribution in [1.82, 2.24) is 4.90 Å². The van der Waals surface area contributed by atoms with E-state index in [-0.39, 0.29) is 17.9 Å². The van der Waals surface area contributed by atoms with Crippen LogP contribution in [0, 0.1) is 5.92 Å². The van der Waals surface area contributed by atoms with Gasteiger partial charge in [0.1, 0.15) is 17.2 Å². The van der Waals surface area contributed by atoms with Crippen LogP contribution < -0.4 is 20.5 Å². The van der Waals surface area contributed by atoms with E-state index in [0.29, 0.717) is 43.1 Å². The molecule has 22 heavy (non-hydrogen) atoms. The van der Waals surface area contributed by atoms with Crippen LogP contribution in [0.3, 0.4) is 0 Å². The highest BCUT2D eigenvalue weighted by atomic mass is 16.5. The maximum Gasteiger partial charge on any atom is 0.322 e. The van der Waals surface area contributed by atoms with Crippen LogP contribution in [0.5, 0.6) is 11.5 Å². The zero-order valence-electron chi connectivity index (χ0n) is 12.8. The van der Waals surface area contributed by atoms with E-state index in [0.717, 1.165) is 0 Å². The van der Waals surface area contributed by atoms with Crippen LogP contribution in [0.25, 0.3) is 0 Å². The lowest BCUT2D eigenvalue weighted by molar-refractivity contribution is -0.122. The molecule has 2 rings (SSSR count). The molecule has 3 amide bonds. The second-order valence-electron chi connectivity index (χ2n) is 5.13. The molecule has 0 aliphatic carbocycles. The molecule has 120 valence electrons. The third kappa shape index (κ3) is 3.41. The van der Waals surface area contributed by atoms with Crippen LogP contribution in [0.4, 0.5) is 10.5 Å². The van der Waals surface area contributed by atoms with Crippen molar-refractivity contribution < 1.29 is 19.1 Å². The fraction of sp³-hybridized carbons (Fsp3) is 0.467. The predicted molar refractivity (Wildman–Crippen MR) is 82.1 cm³/mol. The zero-order chi connectivity index (χ0) is 16.1. The Balaban J connectivity index is 2.05. The summed E-state index contributed by atoms with van der Waals surface area (Å²) in [6, 6.07) is 5.03. The molecule has 1 aromatic rings. The Kier molecular flexibility index (Phi) is 5.08. The van der Waals surface area contributed by atoms with E-state index in [4.69, 9.17) is 15.2 Å². The molecule has 0 atom stereocenters. The van der Waals surface area contributed by atoms with E-state index in [1.807, 2.05) is 0 Å². The van der Waals surface area contributed by atoms with Crippen molar-refractivity contribution in [3.05, 3.63) is 18.2 Å². The number of nitrogens with two attached hydrogens (primary N) is 1. The van der Waals surface area contributed by atoms with Gasteiger partial charge in [-0.3, -0.25) is 4.79 Å². The van der Waals surface area contributed by atoms with Gasteiger partial charge >= 0.3 is 6.03 Å². The number of anilines is 1. The van der Waals surface area contributed by atoms with Crippen LogP contribution in [-0.4, -0.2) is 44.1 Å². The molecule has 7 nitrogen and oxygen atoms in total. The molecule has 0 spiro atoms. The van der Waals surface area contributed by atoms with Crippen molar-refractivity contribution in [2.45, 2.75) is 12.8 Å². The van der Waals surface area contributed by atoms with Crippen LogP contribution in [0.1, 0.15) is 12.8 Å². The number of amides is 3. The standard InChI is InChI=1S/C15H21N3O4/c1-21-11-4-3-5-12(22-2)13(11)17-15(20)18-8-6-10(7-9-18)14(16)19/h3-5,10H,6-9H2,1-2H3,(H2,16,19)(H,17,20). The largest absolute Gasteiger partial charge is 0.494 e. The highest BCUT2D eigenvalue weighted by Gasteiger charge is 2.26. The normalized spacial score (nSPS) is 15.3. The lowest BCUT2D eigenvalue weighted by atomic mass is 9.96. The Morgan fingerprint density at radius 3 is 2.18 bits per heavy atom. The van der Waals surface area contributed by atoms with Crippen LogP contribution in [-0.2, 0) is 4.79 Å². The Morgan fingerprint density at radius 2 is 1.73 bits per heavy atom. The molecular formula is C15H21N3O4. The molecular weight excluding hydrogens is 286 g/mol. The maximum atomic E-state index is 12.4. The van der Waals surface area contributed by atoms with Gasteiger partial charge in [-0.2, -0.15) is 0 Å². The molecule has 0 aromatic heterocycles. The number of nitrogens with zero attached hydrogens (tertiary/aromatic N) is 1. The molecule has 0 radical (unpaired) electrons. The molecule has 0 unspecified atom stereocenters. The first-order valence-electron chi connectivity index (χ1n) is 7.13. The molecule has 1 aliphatic rings. The van der Waals surface area contributed by atoms with E-state index < -0.39 is 0 Å². The SMILES string of the molecule is COc1cccc(OC)c1NC(=O)N1CCC(C(N)=O)CC1. The average Bonchev–Trinajstić information content (AvgIpc) is 2.55. The Bertz CT molecular complexity index is 531. The number of piperidine rings is 1. The maximum absolute atomic E-state index is 12.4. The zero-order valence-corrected chi connectivity index (χ0v) is 12.8. The predicted octanol–water partition coefficient (Wildman–Crippen LogP) is 1.43. The van der Waals surface area contributed by atoms with E-state index in [1.165, 1.54) is 14.2 Å². The van der Waals surface area contributed by atoms with Crippen molar-refractivity contribution in [3.63, 3.8) is 0 Å². The van der Waals surface area contributed by atoms with Gasteiger partial charge < -0.3 is 25.4 Å². The topological polar surface area (TPSA) is 93.9 Å². The summed E-state index contributed by atoms with van der Waals surface area (Å²) in [5.41, 5.74) is 5.79. The van der Waals surface area contributed by atoms with Gasteiger partial charge in [0.25, 0.3) is 0 Å². The second-order valence-corrected chi connectivity index (χ2v) is 5.13. The number of likely N-dealkylation sites (tertiary alicyclic amines) is 1. The third-order valence-electron chi connectivity index (χ3n) is 3.84. The van der Waals surface area contributed by atoms with Crippen molar-refractivity contribution in [2.24, 2.45) is 11.7 Å². The van der Waals surface area contributed by atoms with Gasteiger partial charge in [0.05, 0.1) is 14.2 Å². The van der Waals surface area contributed by atoms with Crippen molar-refractivity contribution in [2.75, 3.05) is 32.6 Å². The van der Waals surface area contributed by atoms with Crippen molar-refractivity contribution >= 4 is 17.6 Å². The number of rotatable bonds is 4. The average molecular weight is 307 g/mol. The summed E-state index contributed by atoms with van der Waals surface area (Å²) in [6.07, 6.45) is 1.18. The van der Waals surface area contributed by atoms with E-state index in [9.17, 15) is 9.59 Å². The molecule has 1 heterocycles. The summed E-state index contributed by atoms with van der Waals surface area (Å²) in [6.45, 7) is 0.994. The molecule has 3 N–H and O–H groups in total. The lowest BCUT2D eigenvalue weighted by Gasteiger charge is -2.30. The summed E-state index contributed by atoms with van der Waals surface area (Å²) in [7, 11) is 3.06. The summed E-state index contributed by atoms with van der Waals surface area (Å²) >= 11 is 0. The van der Waals surface area contributed by atoms with Crippen LogP contribution in [0.2, 0.25) is 0 Å². The third-order valence-corrected chi connectivity index (χ3v) is 3.84. The summed E-state index contributed by atoms with van der Waals surface area (Å²) < 4.78 is 10.5. The van der Waals surface area contributed by atoms with Crippen LogP contribution in [0.15, 0.2) is 18.2 Å². The number of nitrogens with one attached hydrogen (secondary N) is 1. The quantitative estimate of drug-likeness (QED) is 0.880. The highest BCUT2D eigenvalue weighted by molar-refractivity contribution is 5.93. The molecule has 0 saturated carbocycles. The van der Waals surface area contributed by atoms with Gasteiger partial charge in [-0.1, -0.05) is 6.07 Å². The second kappa shape index (κ2) is 7.02. The number of hydrogen-bond acceptors (Lipinski definition) is 4. The number of primary amides is 1. The molecule has 7 heteroatoms. The van der Waals surface area contributed by atoms with Crippen molar-refractivity contribution in [1.29, 1.82) is 0 Å². The van der Waals surface area contributed by atoms with E-state index in [1.54, 1.807) is 23.1 Å². The van der Waals surface area contributed by atoms with E-state index in [2.05, 4.69) is 5.32 Å². The van der Waals surface area contributed by atoms with Gasteiger partial charge in [-0.15, -0.1) is 0 Å². The number of carbonyl (C=O) groups excluding carboxylic acids is 2. The molecule has 1 aromatic carbocycles. The fourth-order valence-corrected chi connectivity index (χ4v) is 2.53. The van der Waals surface area contributed by atoms with Gasteiger partial charge in [0, 0.05) is 19.0 Å². The number of carbonyl (C=O) groups is 2. The fourth-order valence-electron chi connectivity index (χ4n) is 2.53. The van der Waals surface area contributed by atoms with E-state index >= 15 is 0 Å². The number of methoxy groups -OCH3 is 2. The summed E-state index contributed by atoms with van der Waals surface area (Å²) in [4.78, 5) is 25.2. The lowest BCUT2D eigenvalue weighted by Crippen LogP contribution is -2.43. The first-order valence-corrected chi connectivity index (χ1v) is 7.13. The van der Waals surface area contributed by atoms with Gasteiger partial charge in [0.2, 0.25) is 5.91 Å². The van der Waals surface area contributed by atoms with Gasteiger partial charge in [0.15, 0.2) is 0 Å². The number of benzene rings is 1. The molecule has 0 bridgehead atoms. The van der Waals surface area contributed by atoms with Crippen molar-refractivity contribution in [3.8, 4) is 11.5 Å². The van der Waals surface area contributed by atoms with Crippen LogP contribution >= 0.6 is 0 Å². The summed E-state index contributed by atoms with van der Waals surface area (Å²) in [5.74, 6) is 0.607. The number of urea groups is 1. The Labute approximate surface area is 129 Å². The smallest absolute Gasteiger partial charge is 0.322 e. The first-order chi connectivity index (χ1) is 10.6. The van der Waals surface area contributed by atoms with Gasteiger partial charge in [-0.25, -0.2) is 4.79 Å². The molecule has 1 aliphatic heterocycles. The number of para-hydroxylation sites is 1.